The molecule has 3 heteroatoms. The van der Waals surface area contributed by atoms with E-state index < -0.39 is 0 Å². The van der Waals surface area contributed by atoms with Crippen LogP contribution in [0.1, 0.15) is 10.4 Å². The van der Waals surface area contributed by atoms with E-state index in [0.29, 0.717) is 0 Å². The molecule has 0 spiro atoms. The van der Waals surface area contributed by atoms with Crippen molar-refractivity contribution in [3.05, 3.63) is 40.3 Å². The highest BCUT2D eigenvalue weighted by atomic mass is 32.1. The molecule has 0 amide bonds. The van der Waals surface area contributed by atoms with Crippen LogP contribution in [0.2, 0.25) is 0 Å². The number of hydrogen-bond acceptors (Lipinski definition) is 3. The number of pyridine rings is 1. The molecule has 0 N–H and O–H groups in total. The molecule has 2 aromatic heterocycles. The first-order valence-electron chi connectivity index (χ1n) is 4.21. The van der Waals surface area contributed by atoms with E-state index in [4.69, 9.17) is 5.26 Å². The summed E-state index contributed by atoms with van der Waals surface area (Å²) in [6.07, 6.45) is 3.51. The van der Waals surface area contributed by atoms with Gasteiger partial charge >= 0.3 is 0 Å². The summed E-state index contributed by atoms with van der Waals surface area (Å²) in [6.45, 7) is 1.96. The first-order valence-corrected chi connectivity index (χ1v) is 5.09. The largest absolute Gasteiger partial charge is 0.264 e. The summed E-state index contributed by atoms with van der Waals surface area (Å²) in [5.41, 5.74) is 2.76. The topological polar surface area (TPSA) is 36.7 Å². The molecular formula is C11H8N2S. The predicted octanol–water partition coefficient (Wildman–Crippen LogP) is 2.99. The normalized spacial score (nSPS) is 9.71. The van der Waals surface area contributed by atoms with Crippen LogP contribution in [0.15, 0.2) is 29.9 Å². The van der Waals surface area contributed by atoms with Crippen molar-refractivity contribution >= 4 is 11.3 Å². The summed E-state index contributed by atoms with van der Waals surface area (Å²) in [4.78, 5) is 5.10. The molecule has 0 radical (unpaired) electrons. The van der Waals surface area contributed by atoms with E-state index in [1.54, 1.807) is 23.7 Å². The van der Waals surface area contributed by atoms with Gasteiger partial charge in [0.05, 0.1) is 5.56 Å². The van der Waals surface area contributed by atoms with Crippen LogP contribution in [-0.2, 0) is 0 Å². The van der Waals surface area contributed by atoms with Crippen molar-refractivity contribution in [2.45, 2.75) is 6.92 Å². The monoisotopic (exact) mass is 200 g/mol. The molecule has 14 heavy (non-hydrogen) atoms. The van der Waals surface area contributed by atoms with E-state index in [9.17, 15) is 0 Å². The fourth-order valence-electron chi connectivity index (χ4n) is 1.33. The van der Waals surface area contributed by atoms with Crippen molar-refractivity contribution in [2.24, 2.45) is 0 Å². The fraction of sp³-hybridized carbons (Fsp3) is 0.0909. The molecule has 0 fully saturated rings. The van der Waals surface area contributed by atoms with Crippen LogP contribution in [0.25, 0.3) is 11.1 Å². The smallest absolute Gasteiger partial charge is 0.101 e. The van der Waals surface area contributed by atoms with E-state index >= 15 is 0 Å². The molecule has 0 saturated carbocycles. The van der Waals surface area contributed by atoms with Crippen LogP contribution in [0.4, 0.5) is 0 Å². The number of rotatable bonds is 1. The summed E-state index contributed by atoms with van der Waals surface area (Å²) in [5.74, 6) is 0. The molecule has 2 nitrogen and oxygen atoms in total. The van der Waals surface area contributed by atoms with Gasteiger partial charge < -0.3 is 0 Å². The molecule has 0 aliphatic heterocycles. The molecule has 0 aliphatic carbocycles. The van der Waals surface area contributed by atoms with Gasteiger partial charge in [0.15, 0.2) is 0 Å². The third-order valence-corrected chi connectivity index (χ3v) is 2.97. The second-order valence-corrected chi connectivity index (χ2v) is 4.02. The van der Waals surface area contributed by atoms with Gasteiger partial charge in [-0.3, -0.25) is 4.98 Å². The number of aryl methyl sites for hydroxylation is 1. The van der Waals surface area contributed by atoms with E-state index in [2.05, 4.69) is 11.1 Å². The van der Waals surface area contributed by atoms with Gasteiger partial charge in [-0.05, 0) is 13.0 Å². The molecule has 0 unspecified atom stereocenters. The summed E-state index contributed by atoms with van der Waals surface area (Å²) in [6, 6.07) is 6.07. The predicted molar refractivity (Wildman–Crippen MR) is 57.0 cm³/mol. The lowest BCUT2D eigenvalue weighted by atomic mass is 10.1. The summed E-state index contributed by atoms with van der Waals surface area (Å²) >= 11 is 1.60. The second kappa shape index (κ2) is 3.60. The van der Waals surface area contributed by atoms with Gasteiger partial charge in [0.1, 0.15) is 6.07 Å². The maximum absolute atomic E-state index is 8.99. The SMILES string of the molecule is Cc1scc(-c2cccnc2)c1C#N. The Kier molecular flexibility index (Phi) is 2.30. The Bertz CT molecular complexity index is 480. The summed E-state index contributed by atoms with van der Waals surface area (Å²) < 4.78 is 0. The fourth-order valence-corrected chi connectivity index (χ4v) is 2.15. The zero-order valence-electron chi connectivity index (χ0n) is 7.69. The number of thiophene rings is 1. The average Bonchev–Trinajstić information content (AvgIpc) is 2.61. The molecule has 0 aromatic carbocycles. The van der Waals surface area contributed by atoms with Crippen LogP contribution in [-0.4, -0.2) is 4.98 Å². The van der Waals surface area contributed by atoms with Crippen LogP contribution < -0.4 is 0 Å². The van der Waals surface area contributed by atoms with Gasteiger partial charge in [0.2, 0.25) is 0 Å². The maximum atomic E-state index is 8.99. The minimum atomic E-state index is 0.767. The molecule has 0 bridgehead atoms. The van der Waals surface area contributed by atoms with E-state index in [-0.39, 0.29) is 0 Å². The highest BCUT2D eigenvalue weighted by Crippen LogP contribution is 2.29. The Hall–Kier alpha value is -1.66. The van der Waals surface area contributed by atoms with Gasteiger partial charge in [0.25, 0.3) is 0 Å². The lowest BCUT2D eigenvalue weighted by Gasteiger charge is -1.96. The lowest BCUT2D eigenvalue weighted by molar-refractivity contribution is 1.33. The molecular weight excluding hydrogens is 192 g/mol. The van der Waals surface area contributed by atoms with Crippen molar-refractivity contribution in [1.82, 2.24) is 4.98 Å². The molecule has 2 aromatic rings. The van der Waals surface area contributed by atoms with Crippen molar-refractivity contribution in [2.75, 3.05) is 0 Å². The zero-order valence-corrected chi connectivity index (χ0v) is 8.51. The Morgan fingerprint density at radius 1 is 1.50 bits per heavy atom. The maximum Gasteiger partial charge on any atom is 0.101 e. The highest BCUT2D eigenvalue weighted by Gasteiger charge is 2.09. The summed E-state index contributed by atoms with van der Waals surface area (Å²) in [7, 11) is 0. The van der Waals surface area contributed by atoms with Crippen LogP contribution in [0.3, 0.4) is 0 Å². The van der Waals surface area contributed by atoms with E-state index in [1.165, 1.54) is 0 Å². The van der Waals surface area contributed by atoms with Crippen LogP contribution >= 0.6 is 11.3 Å². The second-order valence-electron chi connectivity index (χ2n) is 2.93. The third-order valence-electron chi connectivity index (χ3n) is 2.06. The molecule has 0 aliphatic rings. The number of nitrogens with zero attached hydrogens (tertiary/aromatic N) is 2. The van der Waals surface area contributed by atoms with Gasteiger partial charge in [-0.2, -0.15) is 5.26 Å². The van der Waals surface area contributed by atoms with E-state index in [1.807, 2.05) is 24.4 Å². The summed E-state index contributed by atoms with van der Waals surface area (Å²) in [5, 5.41) is 11.0. The Balaban J connectivity index is 2.59. The van der Waals surface area contributed by atoms with Crippen molar-refractivity contribution in [3.8, 4) is 17.2 Å². The number of nitriles is 1. The Morgan fingerprint density at radius 2 is 2.36 bits per heavy atom. The number of hydrogen-bond donors (Lipinski definition) is 0. The van der Waals surface area contributed by atoms with Crippen molar-refractivity contribution in [3.63, 3.8) is 0 Å². The molecule has 0 saturated heterocycles. The van der Waals surface area contributed by atoms with E-state index in [0.717, 1.165) is 21.6 Å². The van der Waals surface area contributed by atoms with Crippen molar-refractivity contribution in [1.29, 1.82) is 5.26 Å². The minimum absolute atomic E-state index is 0.767. The Morgan fingerprint density at radius 3 is 3.00 bits per heavy atom. The molecule has 2 rings (SSSR count). The quantitative estimate of drug-likeness (QED) is 0.709. The highest BCUT2D eigenvalue weighted by molar-refractivity contribution is 7.10. The zero-order chi connectivity index (χ0) is 9.97. The Labute approximate surface area is 86.5 Å². The third kappa shape index (κ3) is 1.40. The first-order chi connectivity index (χ1) is 6.83. The molecule has 0 atom stereocenters. The van der Waals surface area contributed by atoms with Gasteiger partial charge in [0, 0.05) is 33.8 Å². The van der Waals surface area contributed by atoms with Crippen LogP contribution in [0.5, 0.6) is 0 Å². The van der Waals surface area contributed by atoms with Crippen molar-refractivity contribution < 1.29 is 0 Å². The van der Waals surface area contributed by atoms with Gasteiger partial charge in [-0.15, -0.1) is 11.3 Å². The number of aromatic nitrogens is 1. The molecule has 68 valence electrons. The standard InChI is InChI=1S/C11H8N2S/c1-8-10(5-12)11(7-14-8)9-3-2-4-13-6-9/h2-4,6-7H,1H3. The van der Waals surface area contributed by atoms with Gasteiger partial charge in [-0.1, -0.05) is 6.07 Å². The first kappa shape index (κ1) is 8.92. The van der Waals surface area contributed by atoms with Crippen LogP contribution in [0, 0.1) is 18.3 Å². The average molecular weight is 200 g/mol. The minimum Gasteiger partial charge on any atom is -0.264 e. The van der Waals surface area contributed by atoms with Gasteiger partial charge in [-0.25, -0.2) is 0 Å². The lowest BCUT2D eigenvalue weighted by Crippen LogP contribution is -1.81. The molecule has 2 heterocycles.